The fourth-order valence-corrected chi connectivity index (χ4v) is 3.80. The Morgan fingerprint density at radius 3 is 3.04 bits per heavy atom. The third kappa shape index (κ3) is 1.76. The van der Waals surface area contributed by atoms with Crippen LogP contribution in [0.4, 0.5) is 5.82 Å². The van der Waals surface area contributed by atoms with E-state index in [1.54, 1.807) is 16.9 Å². The van der Waals surface area contributed by atoms with Gasteiger partial charge in [-0.25, -0.2) is 0 Å². The average molecular weight is 320 g/mol. The molecule has 0 bridgehead atoms. The van der Waals surface area contributed by atoms with E-state index in [1.165, 1.54) is 0 Å². The standard InChI is InChI=1S/C18H16N4O2/c19-17-16-11(9-21(17)10-12-4-3-7-24-12)8-15(23)22-14-6-2-1-5-13(14)20-18(16)22/h1-8,13-14,19-20H,9-10H2. The van der Waals surface area contributed by atoms with E-state index in [4.69, 9.17) is 9.83 Å². The quantitative estimate of drug-likeness (QED) is 0.890. The fraction of sp³-hybridized carbons (Fsp3) is 0.222. The van der Waals surface area contributed by atoms with E-state index in [-0.39, 0.29) is 17.6 Å². The molecule has 2 aliphatic heterocycles. The molecule has 0 radical (unpaired) electrons. The van der Waals surface area contributed by atoms with Crippen LogP contribution in [0.5, 0.6) is 0 Å². The zero-order valence-electron chi connectivity index (χ0n) is 12.9. The number of fused-ring (bicyclic) bond motifs is 5. The molecular formula is C18H16N4O2. The maximum atomic E-state index is 12.6. The molecule has 120 valence electrons. The minimum atomic E-state index is -0.0188. The van der Waals surface area contributed by atoms with Gasteiger partial charge < -0.3 is 14.6 Å². The molecule has 3 aliphatic rings. The second kappa shape index (κ2) is 4.74. The van der Waals surface area contributed by atoms with Crippen LogP contribution in [0, 0.1) is 5.41 Å². The molecule has 5 rings (SSSR count). The summed E-state index contributed by atoms with van der Waals surface area (Å²) in [4.78, 5) is 14.5. The maximum absolute atomic E-state index is 12.6. The Bertz CT molecular complexity index is 952. The highest BCUT2D eigenvalue weighted by Crippen LogP contribution is 2.37. The molecule has 0 aromatic carbocycles. The van der Waals surface area contributed by atoms with E-state index in [1.807, 2.05) is 35.3 Å². The van der Waals surface area contributed by atoms with Crippen molar-refractivity contribution in [3.05, 3.63) is 76.0 Å². The number of hydrogen-bond acceptors (Lipinski definition) is 4. The Morgan fingerprint density at radius 2 is 2.21 bits per heavy atom. The van der Waals surface area contributed by atoms with Gasteiger partial charge in [0.1, 0.15) is 17.4 Å². The number of amidine groups is 1. The lowest BCUT2D eigenvalue weighted by Gasteiger charge is -2.16. The van der Waals surface area contributed by atoms with Gasteiger partial charge in [0.2, 0.25) is 0 Å². The van der Waals surface area contributed by atoms with Gasteiger partial charge in [0.05, 0.1) is 30.5 Å². The Balaban J connectivity index is 1.58. The third-order valence-electron chi connectivity index (χ3n) is 4.88. The predicted octanol–water partition coefficient (Wildman–Crippen LogP) is 2.24. The number of anilines is 1. The van der Waals surface area contributed by atoms with Gasteiger partial charge in [-0.1, -0.05) is 24.3 Å². The molecule has 2 aromatic heterocycles. The lowest BCUT2D eigenvalue weighted by Crippen LogP contribution is -2.26. The van der Waals surface area contributed by atoms with Gasteiger partial charge in [0, 0.05) is 12.6 Å². The molecule has 0 saturated heterocycles. The van der Waals surface area contributed by atoms with Gasteiger partial charge in [-0.15, -0.1) is 0 Å². The number of pyridine rings is 1. The van der Waals surface area contributed by atoms with Crippen molar-refractivity contribution in [2.24, 2.45) is 0 Å². The summed E-state index contributed by atoms with van der Waals surface area (Å²) < 4.78 is 7.17. The van der Waals surface area contributed by atoms with Crippen LogP contribution in [0.1, 0.15) is 22.9 Å². The molecule has 6 nitrogen and oxygen atoms in total. The van der Waals surface area contributed by atoms with Crippen LogP contribution in [0.3, 0.4) is 0 Å². The van der Waals surface area contributed by atoms with E-state index in [9.17, 15) is 4.79 Å². The van der Waals surface area contributed by atoms with Crippen LogP contribution in [0.25, 0.3) is 0 Å². The number of nitrogens with one attached hydrogen (secondary N) is 2. The van der Waals surface area contributed by atoms with Crippen molar-refractivity contribution in [1.29, 1.82) is 5.41 Å². The molecule has 2 atom stereocenters. The summed E-state index contributed by atoms with van der Waals surface area (Å²) in [7, 11) is 0. The highest BCUT2D eigenvalue weighted by molar-refractivity contribution is 6.04. The minimum Gasteiger partial charge on any atom is -0.467 e. The summed E-state index contributed by atoms with van der Waals surface area (Å²) in [5.74, 6) is 2.01. The van der Waals surface area contributed by atoms with E-state index in [2.05, 4.69) is 11.4 Å². The van der Waals surface area contributed by atoms with Crippen molar-refractivity contribution in [1.82, 2.24) is 9.47 Å². The molecule has 6 heteroatoms. The molecule has 0 fully saturated rings. The van der Waals surface area contributed by atoms with Crippen molar-refractivity contribution in [3.8, 4) is 0 Å². The smallest absolute Gasteiger partial charge is 0.253 e. The molecule has 4 heterocycles. The molecule has 2 unspecified atom stereocenters. The van der Waals surface area contributed by atoms with Crippen LogP contribution in [0.15, 0.2) is 58.0 Å². The Kier molecular flexibility index (Phi) is 2.65. The Labute approximate surface area is 138 Å². The minimum absolute atomic E-state index is 0.0173. The number of allylic oxidation sites excluding steroid dienone is 2. The zero-order chi connectivity index (χ0) is 16.3. The van der Waals surface area contributed by atoms with Crippen molar-refractivity contribution < 1.29 is 4.42 Å². The summed E-state index contributed by atoms with van der Waals surface area (Å²) >= 11 is 0. The topological polar surface area (TPSA) is 74.3 Å². The number of nitrogens with zero attached hydrogens (tertiary/aromatic N) is 2. The lowest BCUT2D eigenvalue weighted by molar-refractivity contribution is 0.366. The number of furan rings is 1. The first kappa shape index (κ1) is 13.4. The summed E-state index contributed by atoms with van der Waals surface area (Å²) in [5, 5.41) is 12.0. The summed E-state index contributed by atoms with van der Waals surface area (Å²) in [6.45, 7) is 1.08. The van der Waals surface area contributed by atoms with Gasteiger partial charge in [-0.05, 0) is 17.7 Å². The normalized spacial score (nSPS) is 23.2. The largest absolute Gasteiger partial charge is 0.467 e. The summed E-state index contributed by atoms with van der Waals surface area (Å²) in [5.41, 5.74) is 1.72. The lowest BCUT2D eigenvalue weighted by atomic mass is 10.0. The first-order valence-corrected chi connectivity index (χ1v) is 7.98. The monoisotopic (exact) mass is 320 g/mol. The number of hydrogen-bond donors (Lipinski definition) is 2. The van der Waals surface area contributed by atoms with Crippen molar-refractivity contribution in [3.63, 3.8) is 0 Å². The highest BCUT2D eigenvalue weighted by Gasteiger charge is 2.37. The molecule has 0 saturated carbocycles. The van der Waals surface area contributed by atoms with Gasteiger partial charge in [-0.3, -0.25) is 14.8 Å². The molecule has 2 aromatic rings. The van der Waals surface area contributed by atoms with Crippen LogP contribution in [-0.4, -0.2) is 21.3 Å². The predicted molar refractivity (Wildman–Crippen MR) is 90.2 cm³/mol. The van der Waals surface area contributed by atoms with E-state index < -0.39 is 0 Å². The first-order chi connectivity index (χ1) is 11.7. The van der Waals surface area contributed by atoms with Crippen LogP contribution >= 0.6 is 0 Å². The van der Waals surface area contributed by atoms with E-state index in [0.29, 0.717) is 18.9 Å². The average Bonchev–Trinajstić information content (AvgIpc) is 3.26. The zero-order valence-corrected chi connectivity index (χ0v) is 12.9. The van der Waals surface area contributed by atoms with E-state index >= 15 is 0 Å². The SMILES string of the molecule is N=C1c2c(cc(=O)n3c2NC2C=CC=CC23)CN1Cc1ccco1. The molecule has 0 amide bonds. The third-order valence-corrected chi connectivity index (χ3v) is 4.88. The van der Waals surface area contributed by atoms with Crippen LogP contribution in [0.2, 0.25) is 0 Å². The Morgan fingerprint density at radius 1 is 1.33 bits per heavy atom. The fourth-order valence-electron chi connectivity index (χ4n) is 3.80. The van der Waals surface area contributed by atoms with Gasteiger partial charge in [-0.2, -0.15) is 0 Å². The number of aromatic nitrogens is 1. The van der Waals surface area contributed by atoms with Crippen molar-refractivity contribution in [2.45, 2.75) is 25.2 Å². The summed E-state index contributed by atoms with van der Waals surface area (Å²) in [6.07, 6.45) is 9.67. The maximum Gasteiger partial charge on any atom is 0.253 e. The second-order valence-corrected chi connectivity index (χ2v) is 6.32. The summed E-state index contributed by atoms with van der Waals surface area (Å²) in [6, 6.07) is 5.47. The molecular weight excluding hydrogens is 304 g/mol. The van der Waals surface area contributed by atoms with Crippen molar-refractivity contribution >= 4 is 11.7 Å². The van der Waals surface area contributed by atoms with Gasteiger partial charge >= 0.3 is 0 Å². The first-order valence-electron chi connectivity index (χ1n) is 7.98. The molecule has 0 spiro atoms. The molecule has 24 heavy (non-hydrogen) atoms. The van der Waals surface area contributed by atoms with Crippen LogP contribution in [-0.2, 0) is 13.1 Å². The second-order valence-electron chi connectivity index (χ2n) is 6.32. The molecule has 2 N–H and O–H groups in total. The number of rotatable bonds is 2. The van der Waals surface area contributed by atoms with Gasteiger partial charge in [0.25, 0.3) is 5.56 Å². The van der Waals surface area contributed by atoms with E-state index in [0.717, 1.165) is 22.7 Å². The Hall–Kier alpha value is -3.02. The molecule has 1 aliphatic carbocycles. The van der Waals surface area contributed by atoms with Gasteiger partial charge in [0.15, 0.2) is 0 Å². The van der Waals surface area contributed by atoms with Crippen LogP contribution < -0.4 is 10.9 Å². The van der Waals surface area contributed by atoms with Crippen molar-refractivity contribution in [2.75, 3.05) is 5.32 Å². The highest BCUT2D eigenvalue weighted by atomic mass is 16.3.